The SMILES string of the molecule is O=C(O)CC1CSCCN1Cc1ccc(CO)cc1. The van der Waals surface area contributed by atoms with E-state index < -0.39 is 5.97 Å². The first-order valence-corrected chi connectivity index (χ1v) is 7.57. The molecule has 2 rings (SSSR count). The number of hydrogen-bond acceptors (Lipinski definition) is 4. The van der Waals surface area contributed by atoms with Crippen LogP contribution in [-0.2, 0) is 17.9 Å². The maximum Gasteiger partial charge on any atom is 0.304 e. The highest BCUT2D eigenvalue weighted by atomic mass is 32.2. The molecule has 0 radical (unpaired) electrons. The summed E-state index contributed by atoms with van der Waals surface area (Å²) in [6, 6.07) is 7.96. The minimum Gasteiger partial charge on any atom is -0.481 e. The maximum absolute atomic E-state index is 10.9. The molecule has 1 atom stereocenters. The van der Waals surface area contributed by atoms with E-state index in [1.54, 1.807) is 0 Å². The van der Waals surface area contributed by atoms with Gasteiger partial charge in [-0.05, 0) is 11.1 Å². The lowest BCUT2D eigenvalue weighted by Gasteiger charge is -2.34. The Morgan fingerprint density at radius 3 is 2.63 bits per heavy atom. The highest BCUT2D eigenvalue weighted by Crippen LogP contribution is 2.21. The normalized spacial score (nSPS) is 20.4. The topological polar surface area (TPSA) is 60.8 Å². The standard InChI is InChI=1S/C14H19NO3S/c16-9-12-3-1-11(2-4-12)8-15-5-6-19-10-13(15)7-14(17)18/h1-4,13,16H,5-10H2,(H,17,18). The Balaban J connectivity index is 1.99. The van der Waals surface area contributed by atoms with Gasteiger partial charge in [-0.3, -0.25) is 9.69 Å². The molecular weight excluding hydrogens is 262 g/mol. The van der Waals surface area contributed by atoms with E-state index in [1.807, 2.05) is 36.0 Å². The van der Waals surface area contributed by atoms with E-state index in [1.165, 1.54) is 5.56 Å². The van der Waals surface area contributed by atoms with Gasteiger partial charge in [0.05, 0.1) is 13.0 Å². The van der Waals surface area contributed by atoms with E-state index in [9.17, 15) is 4.79 Å². The van der Waals surface area contributed by atoms with Gasteiger partial charge in [-0.2, -0.15) is 11.8 Å². The van der Waals surface area contributed by atoms with Crippen LogP contribution in [0, 0.1) is 0 Å². The quantitative estimate of drug-likeness (QED) is 0.858. The number of aliphatic carboxylic acids is 1. The summed E-state index contributed by atoms with van der Waals surface area (Å²) < 4.78 is 0. The van der Waals surface area contributed by atoms with Crippen molar-refractivity contribution in [3.8, 4) is 0 Å². The molecule has 1 aliphatic heterocycles. The van der Waals surface area contributed by atoms with Crippen molar-refractivity contribution in [1.82, 2.24) is 4.90 Å². The third kappa shape index (κ3) is 4.23. The van der Waals surface area contributed by atoms with Gasteiger partial charge in [0.25, 0.3) is 0 Å². The number of hydrogen-bond donors (Lipinski definition) is 2. The van der Waals surface area contributed by atoms with Crippen molar-refractivity contribution in [1.29, 1.82) is 0 Å². The Bertz CT molecular complexity index is 421. The molecule has 2 N–H and O–H groups in total. The number of rotatable bonds is 5. The number of benzene rings is 1. The highest BCUT2D eigenvalue weighted by molar-refractivity contribution is 7.99. The molecule has 0 bridgehead atoms. The Kier molecular flexibility index (Phi) is 5.24. The van der Waals surface area contributed by atoms with Crippen molar-refractivity contribution >= 4 is 17.7 Å². The average molecular weight is 281 g/mol. The summed E-state index contributed by atoms with van der Waals surface area (Å²) in [5.41, 5.74) is 2.07. The van der Waals surface area contributed by atoms with Crippen LogP contribution < -0.4 is 0 Å². The predicted molar refractivity (Wildman–Crippen MR) is 76.1 cm³/mol. The Labute approximate surface area is 117 Å². The van der Waals surface area contributed by atoms with Gasteiger partial charge in [0.15, 0.2) is 0 Å². The number of carboxylic acids is 1. The highest BCUT2D eigenvalue weighted by Gasteiger charge is 2.24. The second-order valence-corrected chi connectivity index (χ2v) is 5.92. The first kappa shape index (κ1) is 14.4. The first-order chi connectivity index (χ1) is 9.19. The van der Waals surface area contributed by atoms with E-state index in [0.717, 1.165) is 30.2 Å². The Hall–Kier alpha value is -1.04. The molecule has 19 heavy (non-hydrogen) atoms. The second kappa shape index (κ2) is 6.93. The van der Waals surface area contributed by atoms with E-state index in [2.05, 4.69) is 4.90 Å². The van der Waals surface area contributed by atoms with E-state index in [0.29, 0.717) is 0 Å². The minimum atomic E-state index is -0.729. The van der Waals surface area contributed by atoms with Crippen LogP contribution in [0.3, 0.4) is 0 Å². The minimum absolute atomic E-state index is 0.0578. The maximum atomic E-state index is 10.9. The summed E-state index contributed by atoms with van der Waals surface area (Å²) >= 11 is 1.83. The van der Waals surface area contributed by atoms with Gasteiger partial charge in [-0.1, -0.05) is 24.3 Å². The van der Waals surface area contributed by atoms with Crippen LogP contribution in [0.4, 0.5) is 0 Å². The molecule has 1 unspecified atom stereocenters. The summed E-state index contributed by atoms with van der Waals surface area (Å²) in [6.07, 6.45) is 0.210. The number of nitrogens with zero attached hydrogens (tertiary/aromatic N) is 1. The van der Waals surface area contributed by atoms with Crippen LogP contribution >= 0.6 is 11.8 Å². The lowest BCUT2D eigenvalue weighted by Crippen LogP contribution is -2.42. The number of aliphatic hydroxyl groups is 1. The molecule has 5 heteroatoms. The smallest absolute Gasteiger partial charge is 0.304 e. The van der Waals surface area contributed by atoms with Crippen LogP contribution in [0.2, 0.25) is 0 Å². The summed E-state index contributed by atoms with van der Waals surface area (Å²) in [5, 5.41) is 18.0. The molecule has 1 fully saturated rings. The molecule has 1 saturated heterocycles. The monoisotopic (exact) mass is 281 g/mol. The predicted octanol–water partition coefficient (Wildman–Crippen LogP) is 1.57. The van der Waals surface area contributed by atoms with Crippen molar-refractivity contribution in [2.75, 3.05) is 18.1 Å². The molecule has 0 saturated carbocycles. The number of carbonyl (C=O) groups is 1. The van der Waals surface area contributed by atoms with Gasteiger partial charge >= 0.3 is 5.97 Å². The van der Waals surface area contributed by atoms with E-state index >= 15 is 0 Å². The van der Waals surface area contributed by atoms with Crippen LogP contribution in [-0.4, -0.2) is 45.2 Å². The first-order valence-electron chi connectivity index (χ1n) is 6.41. The average Bonchev–Trinajstić information content (AvgIpc) is 2.41. The fraction of sp³-hybridized carbons (Fsp3) is 0.500. The van der Waals surface area contributed by atoms with Crippen molar-refractivity contribution < 1.29 is 15.0 Å². The molecule has 0 amide bonds. The lowest BCUT2D eigenvalue weighted by atomic mass is 10.1. The zero-order chi connectivity index (χ0) is 13.7. The van der Waals surface area contributed by atoms with Gasteiger partial charge in [0, 0.05) is 30.6 Å². The molecule has 0 aliphatic carbocycles. The summed E-state index contributed by atoms with van der Waals surface area (Å²) in [7, 11) is 0. The molecule has 104 valence electrons. The van der Waals surface area contributed by atoms with Crippen molar-refractivity contribution in [3.63, 3.8) is 0 Å². The molecule has 1 aromatic carbocycles. The molecule has 0 aromatic heterocycles. The largest absolute Gasteiger partial charge is 0.481 e. The van der Waals surface area contributed by atoms with Crippen molar-refractivity contribution in [2.24, 2.45) is 0 Å². The fourth-order valence-corrected chi connectivity index (χ4v) is 3.40. The van der Waals surface area contributed by atoms with Gasteiger partial charge in [0.2, 0.25) is 0 Å². The molecule has 4 nitrogen and oxygen atoms in total. The van der Waals surface area contributed by atoms with Crippen LogP contribution in [0.15, 0.2) is 24.3 Å². The van der Waals surface area contributed by atoms with Crippen molar-refractivity contribution in [3.05, 3.63) is 35.4 Å². The summed E-state index contributed by atoms with van der Waals surface area (Å²) in [5.74, 6) is 1.22. The molecule has 1 aromatic rings. The second-order valence-electron chi connectivity index (χ2n) is 4.77. The number of carboxylic acid groups (broad SMARTS) is 1. The molecule has 1 aliphatic rings. The van der Waals surface area contributed by atoms with Gasteiger partial charge in [-0.25, -0.2) is 0 Å². The molecule has 1 heterocycles. The number of thioether (sulfide) groups is 1. The molecule has 0 spiro atoms. The van der Waals surface area contributed by atoms with Crippen molar-refractivity contribution in [2.45, 2.75) is 25.6 Å². The van der Waals surface area contributed by atoms with Gasteiger partial charge in [0.1, 0.15) is 0 Å². The van der Waals surface area contributed by atoms with Crippen LogP contribution in [0.1, 0.15) is 17.5 Å². The van der Waals surface area contributed by atoms with Gasteiger partial charge < -0.3 is 10.2 Å². The van der Waals surface area contributed by atoms with Crippen LogP contribution in [0.5, 0.6) is 0 Å². The number of aliphatic hydroxyl groups excluding tert-OH is 1. The Morgan fingerprint density at radius 2 is 2.00 bits per heavy atom. The molecular formula is C14H19NO3S. The zero-order valence-corrected chi connectivity index (χ0v) is 11.6. The third-order valence-corrected chi connectivity index (χ3v) is 4.44. The zero-order valence-electron chi connectivity index (χ0n) is 10.8. The fourth-order valence-electron chi connectivity index (χ4n) is 2.27. The Morgan fingerprint density at radius 1 is 1.32 bits per heavy atom. The summed E-state index contributed by atoms with van der Waals surface area (Å²) in [4.78, 5) is 13.1. The van der Waals surface area contributed by atoms with E-state index in [4.69, 9.17) is 10.2 Å². The van der Waals surface area contributed by atoms with Crippen LogP contribution in [0.25, 0.3) is 0 Å². The lowest BCUT2D eigenvalue weighted by molar-refractivity contribution is -0.138. The van der Waals surface area contributed by atoms with E-state index in [-0.39, 0.29) is 19.1 Å². The summed E-state index contributed by atoms with van der Waals surface area (Å²) in [6.45, 7) is 1.77. The third-order valence-electron chi connectivity index (χ3n) is 3.35. The van der Waals surface area contributed by atoms with Gasteiger partial charge in [-0.15, -0.1) is 0 Å².